The summed E-state index contributed by atoms with van der Waals surface area (Å²) in [5.74, 6) is 1.87. The van der Waals surface area contributed by atoms with E-state index in [1.54, 1.807) is 38.4 Å². The van der Waals surface area contributed by atoms with Crippen molar-refractivity contribution in [2.24, 2.45) is 0 Å². The lowest BCUT2D eigenvalue weighted by Crippen LogP contribution is -2.43. The Balaban J connectivity index is 1.65. The molecule has 0 aromatic carbocycles. The Kier molecular flexibility index (Phi) is 4.64. The van der Waals surface area contributed by atoms with Gasteiger partial charge in [0.15, 0.2) is 0 Å². The van der Waals surface area contributed by atoms with E-state index in [1.165, 1.54) is 0 Å². The highest BCUT2D eigenvalue weighted by Gasteiger charge is 2.28. The highest BCUT2D eigenvalue weighted by Crippen LogP contribution is 2.28. The van der Waals surface area contributed by atoms with Crippen LogP contribution in [0.2, 0.25) is 0 Å². The number of likely N-dealkylation sites (tertiary alicyclic amines) is 1. The normalized spacial score (nSPS) is 15.4. The molecule has 1 aliphatic rings. The first-order valence-corrected chi connectivity index (χ1v) is 7.88. The second-order valence-corrected chi connectivity index (χ2v) is 5.98. The SMILES string of the molecule is COc1ccc(-c2noc(C3CCN(C(=O)N(C)C)CC3)n2)cn1. The summed E-state index contributed by atoms with van der Waals surface area (Å²) in [6, 6.07) is 3.65. The molecule has 2 aromatic heterocycles. The summed E-state index contributed by atoms with van der Waals surface area (Å²) in [5, 5.41) is 4.04. The molecule has 8 heteroatoms. The van der Waals surface area contributed by atoms with Gasteiger partial charge in [-0.15, -0.1) is 0 Å². The monoisotopic (exact) mass is 331 g/mol. The Labute approximate surface area is 140 Å². The number of rotatable bonds is 3. The average molecular weight is 331 g/mol. The molecule has 1 fully saturated rings. The third-order valence-corrected chi connectivity index (χ3v) is 4.14. The number of urea groups is 1. The molecule has 1 aliphatic heterocycles. The zero-order valence-corrected chi connectivity index (χ0v) is 14.1. The molecule has 0 spiro atoms. The van der Waals surface area contributed by atoms with E-state index in [0.29, 0.717) is 30.7 Å². The van der Waals surface area contributed by atoms with E-state index in [0.717, 1.165) is 18.4 Å². The van der Waals surface area contributed by atoms with E-state index in [4.69, 9.17) is 9.26 Å². The molecule has 3 heterocycles. The van der Waals surface area contributed by atoms with Gasteiger partial charge in [-0.2, -0.15) is 4.98 Å². The van der Waals surface area contributed by atoms with Crippen molar-refractivity contribution < 1.29 is 14.1 Å². The van der Waals surface area contributed by atoms with Gasteiger partial charge in [-0.3, -0.25) is 0 Å². The molecule has 3 rings (SSSR count). The lowest BCUT2D eigenvalue weighted by Gasteiger charge is -2.32. The Morgan fingerprint density at radius 1 is 1.33 bits per heavy atom. The first-order valence-electron chi connectivity index (χ1n) is 7.88. The summed E-state index contributed by atoms with van der Waals surface area (Å²) in [5.41, 5.74) is 0.783. The molecule has 2 amide bonds. The summed E-state index contributed by atoms with van der Waals surface area (Å²) in [4.78, 5) is 24.1. The third kappa shape index (κ3) is 3.32. The Bertz CT molecular complexity index is 690. The fraction of sp³-hybridized carbons (Fsp3) is 0.500. The van der Waals surface area contributed by atoms with Crippen LogP contribution >= 0.6 is 0 Å². The zero-order chi connectivity index (χ0) is 17.1. The van der Waals surface area contributed by atoms with Gasteiger partial charge in [0.25, 0.3) is 0 Å². The Morgan fingerprint density at radius 3 is 2.67 bits per heavy atom. The van der Waals surface area contributed by atoms with Gasteiger partial charge in [0.1, 0.15) is 0 Å². The zero-order valence-electron chi connectivity index (χ0n) is 14.1. The van der Waals surface area contributed by atoms with Gasteiger partial charge in [-0.05, 0) is 18.9 Å². The van der Waals surface area contributed by atoms with Crippen LogP contribution in [0.1, 0.15) is 24.7 Å². The van der Waals surface area contributed by atoms with Crippen LogP contribution in [0.3, 0.4) is 0 Å². The summed E-state index contributed by atoms with van der Waals surface area (Å²) in [6.45, 7) is 1.40. The number of carbonyl (C=O) groups excluding carboxylic acids is 1. The fourth-order valence-corrected chi connectivity index (χ4v) is 2.75. The molecule has 8 nitrogen and oxygen atoms in total. The Morgan fingerprint density at radius 2 is 2.08 bits per heavy atom. The lowest BCUT2D eigenvalue weighted by molar-refractivity contribution is 0.152. The number of pyridine rings is 1. The van der Waals surface area contributed by atoms with E-state index in [2.05, 4.69) is 15.1 Å². The number of methoxy groups -OCH3 is 1. The number of carbonyl (C=O) groups is 1. The number of hydrogen-bond acceptors (Lipinski definition) is 6. The van der Waals surface area contributed by atoms with E-state index < -0.39 is 0 Å². The second-order valence-electron chi connectivity index (χ2n) is 5.98. The van der Waals surface area contributed by atoms with E-state index in [1.807, 2.05) is 11.0 Å². The quantitative estimate of drug-likeness (QED) is 0.855. The average Bonchev–Trinajstić information content (AvgIpc) is 3.11. The highest BCUT2D eigenvalue weighted by atomic mass is 16.5. The summed E-state index contributed by atoms with van der Waals surface area (Å²) < 4.78 is 10.5. The molecule has 24 heavy (non-hydrogen) atoms. The molecule has 1 saturated heterocycles. The number of aromatic nitrogens is 3. The van der Waals surface area contributed by atoms with Crippen molar-refractivity contribution in [2.75, 3.05) is 34.3 Å². The van der Waals surface area contributed by atoms with Crippen molar-refractivity contribution in [3.63, 3.8) is 0 Å². The number of piperidine rings is 1. The molecule has 0 N–H and O–H groups in total. The Hall–Kier alpha value is -2.64. The standard InChI is InChI=1S/C16H21N5O3/c1-20(2)16(22)21-8-6-11(7-9-21)15-18-14(19-24-15)12-4-5-13(23-3)17-10-12/h4-5,10-11H,6-9H2,1-3H3. The molecule has 0 unspecified atom stereocenters. The van der Waals surface area contributed by atoms with Crippen molar-refractivity contribution in [3.8, 4) is 17.3 Å². The molecular formula is C16H21N5O3. The first kappa shape index (κ1) is 16.2. The number of hydrogen-bond donors (Lipinski definition) is 0. The number of ether oxygens (including phenoxy) is 1. The van der Waals surface area contributed by atoms with Gasteiger partial charge in [-0.1, -0.05) is 5.16 Å². The van der Waals surface area contributed by atoms with Crippen molar-refractivity contribution in [3.05, 3.63) is 24.2 Å². The van der Waals surface area contributed by atoms with Crippen molar-refractivity contribution in [1.29, 1.82) is 0 Å². The van der Waals surface area contributed by atoms with Crippen LogP contribution < -0.4 is 4.74 Å². The molecular weight excluding hydrogens is 310 g/mol. The molecule has 2 aromatic rings. The van der Waals surface area contributed by atoms with Crippen LogP contribution in [0.25, 0.3) is 11.4 Å². The topological polar surface area (TPSA) is 84.6 Å². The minimum absolute atomic E-state index is 0.0453. The number of nitrogens with zero attached hydrogens (tertiary/aromatic N) is 5. The van der Waals surface area contributed by atoms with Crippen LogP contribution in [0.5, 0.6) is 5.88 Å². The minimum atomic E-state index is 0.0453. The summed E-state index contributed by atoms with van der Waals surface area (Å²) in [7, 11) is 5.10. The predicted octanol–water partition coefficient (Wildman–Crippen LogP) is 2.00. The van der Waals surface area contributed by atoms with Crippen LogP contribution in [0.15, 0.2) is 22.9 Å². The summed E-state index contributed by atoms with van der Waals surface area (Å²) in [6.07, 6.45) is 3.30. The predicted molar refractivity (Wildman–Crippen MR) is 86.7 cm³/mol. The number of amides is 2. The maximum Gasteiger partial charge on any atom is 0.319 e. The van der Waals surface area contributed by atoms with E-state index >= 15 is 0 Å². The second kappa shape index (κ2) is 6.86. The van der Waals surface area contributed by atoms with Gasteiger partial charge in [0.2, 0.25) is 17.6 Å². The first-order chi connectivity index (χ1) is 11.6. The van der Waals surface area contributed by atoms with Gasteiger partial charge >= 0.3 is 6.03 Å². The van der Waals surface area contributed by atoms with E-state index in [-0.39, 0.29) is 11.9 Å². The largest absolute Gasteiger partial charge is 0.481 e. The van der Waals surface area contributed by atoms with Crippen LogP contribution in [0, 0.1) is 0 Å². The van der Waals surface area contributed by atoms with Crippen molar-refractivity contribution in [2.45, 2.75) is 18.8 Å². The highest BCUT2D eigenvalue weighted by molar-refractivity contribution is 5.73. The van der Waals surface area contributed by atoms with Gasteiger partial charge in [-0.25, -0.2) is 9.78 Å². The molecule has 0 aliphatic carbocycles. The van der Waals surface area contributed by atoms with Crippen molar-refractivity contribution >= 4 is 6.03 Å². The van der Waals surface area contributed by atoms with Crippen LogP contribution in [0.4, 0.5) is 4.79 Å². The minimum Gasteiger partial charge on any atom is -0.481 e. The van der Waals surface area contributed by atoms with Crippen LogP contribution in [-0.4, -0.2) is 65.3 Å². The van der Waals surface area contributed by atoms with Crippen LogP contribution in [-0.2, 0) is 0 Å². The molecule has 0 bridgehead atoms. The van der Waals surface area contributed by atoms with E-state index in [9.17, 15) is 4.79 Å². The molecule has 128 valence electrons. The molecule has 0 atom stereocenters. The third-order valence-electron chi connectivity index (χ3n) is 4.14. The fourth-order valence-electron chi connectivity index (χ4n) is 2.75. The van der Waals surface area contributed by atoms with Crippen molar-refractivity contribution in [1.82, 2.24) is 24.9 Å². The van der Waals surface area contributed by atoms with Gasteiger partial charge in [0.05, 0.1) is 7.11 Å². The van der Waals surface area contributed by atoms with Gasteiger partial charge in [0, 0.05) is 50.9 Å². The molecule has 0 saturated carbocycles. The molecule has 0 radical (unpaired) electrons. The smallest absolute Gasteiger partial charge is 0.319 e. The summed E-state index contributed by atoms with van der Waals surface area (Å²) >= 11 is 0. The maximum atomic E-state index is 12.0. The maximum absolute atomic E-state index is 12.0. The lowest BCUT2D eigenvalue weighted by atomic mass is 9.97. The van der Waals surface area contributed by atoms with Gasteiger partial charge < -0.3 is 19.1 Å².